The standard InChI is InChI=1S/C30H32N4/c1-6-33(7-2)29-23(5)31-34(32-29)30(26-19-15-22(4)16-20-26)27(24-11-9-8-10-12-24)28(30)25-17-13-21(3)14-18-25/h8-20H,6-7H2,1-5H3. The molecule has 4 heteroatoms. The summed E-state index contributed by atoms with van der Waals surface area (Å²) in [6.45, 7) is 12.5. The van der Waals surface area contributed by atoms with Gasteiger partial charge in [0.05, 0.1) is 0 Å². The number of nitrogens with zero attached hydrogens (tertiary/aromatic N) is 4. The summed E-state index contributed by atoms with van der Waals surface area (Å²) < 4.78 is 0. The highest BCUT2D eigenvalue weighted by molar-refractivity contribution is 6.18. The van der Waals surface area contributed by atoms with Crippen molar-refractivity contribution in [3.05, 3.63) is 112 Å². The number of allylic oxidation sites excluding steroid dienone is 2. The van der Waals surface area contributed by atoms with Crippen LogP contribution in [0, 0.1) is 20.8 Å². The van der Waals surface area contributed by atoms with E-state index in [4.69, 9.17) is 10.2 Å². The third-order valence-corrected chi connectivity index (χ3v) is 6.90. The van der Waals surface area contributed by atoms with E-state index in [0.29, 0.717) is 0 Å². The molecule has 1 unspecified atom stereocenters. The van der Waals surface area contributed by atoms with Crippen molar-refractivity contribution in [2.45, 2.75) is 40.2 Å². The van der Waals surface area contributed by atoms with Crippen molar-refractivity contribution in [1.82, 2.24) is 15.0 Å². The lowest BCUT2D eigenvalue weighted by atomic mass is 9.93. The van der Waals surface area contributed by atoms with Gasteiger partial charge in [0.15, 0.2) is 11.4 Å². The van der Waals surface area contributed by atoms with Gasteiger partial charge in [0.1, 0.15) is 5.69 Å². The number of hydrogen-bond acceptors (Lipinski definition) is 3. The second-order valence-electron chi connectivity index (χ2n) is 9.13. The van der Waals surface area contributed by atoms with E-state index < -0.39 is 5.54 Å². The molecule has 0 saturated heterocycles. The fourth-order valence-electron chi connectivity index (χ4n) is 5.04. The summed E-state index contributed by atoms with van der Waals surface area (Å²) in [5.74, 6) is 0.957. The molecular weight excluding hydrogens is 416 g/mol. The molecule has 34 heavy (non-hydrogen) atoms. The van der Waals surface area contributed by atoms with Crippen molar-refractivity contribution in [2.24, 2.45) is 0 Å². The minimum Gasteiger partial charge on any atom is -0.354 e. The summed E-state index contributed by atoms with van der Waals surface area (Å²) in [7, 11) is 0. The molecule has 0 aliphatic heterocycles. The Morgan fingerprint density at radius 1 is 0.676 bits per heavy atom. The lowest BCUT2D eigenvalue weighted by molar-refractivity contribution is 0.492. The number of aromatic nitrogens is 3. The van der Waals surface area contributed by atoms with Crippen molar-refractivity contribution in [3.8, 4) is 0 Å². The molecule has 4 nitrogen and oxygen atoms in total. The third kappa shape index (κ3) is 3.45. The Morgan fingerprint density at radius 3 is 1.76 bits per heavy atom. The van der Waals surface area contributed by atoms with Gasteiger partial charge in [0.2, 0.25) is 0 Å². The van der Waals surface area contributed by atoms with Gasteiger partial charge in [0, 0.05) is 24.2 Å². The molecule has 0 spiro atoms. The molecule has 0 amide bonds. The van der Waals surface area contributed by atoms with Crippen LogP contribution in [0.2, 0.25) is 0 Å². The molecule has 1 aromatic heterocycles. The van der Waals surface area contributed by atoms with Gasteiger partial charge in [0.25, 0.3) is 0 Å². The van der Waals surface area contributed by atoms with Gasteiger partial charge in [-0.2, -0.15) is 9.90 Å². The van der Waals surface area contributed by atoms with Crippen molar-refractivity contribution in [3.63, 3.8) is 0 Å². The van der Waals surface area contributed by atoms with E-state index in [1.165, 1.54) is 39.0 Å². The van der Waals surface area contributed by atoms with E-state index in [1.54, 1.807) is 0 Å². The van der Waals surface area contributed by atoms with Crippen LogP contribution in [0.5, 0.6) is 0 Å². The van der Waals surface area contributed by atoms with Crippen LogP contribution in [0.3, 0.4) is 0 Å². The molecule has 1 atom stereocenters. The molecule has 3 aromatic carbocycles. The molecule has 1 heterocycles. The average molecular weight is 449 g/mol. The molecule has 172 valence electrons. The van der Waals surface area contributed by atoms with Gasteiger partial charge >= 0.3 is 0 Å². The van der Waals surface area contributed by atoms with E-state index in [-0.39, 0.29) is 0 Å². The fourth-order valence-corrected chi connectivity index (χ4v) is 5.04. The predicted molar refractivity (Wildman–Crippen MR) is 141 cm³/mol. The van der Waals surface area contributed by atoms with E-state index in [9.17, 15) is 0 Å². The van der Waals surface area contributed by atoms with Crippen LogP contribution >= 0.6 is 0 Å². The summed E-state index contributed by atoms with van der Waals surface area (Å²) in [5.41, 5.74) is 9.05. The highest BCUT2D eigenvalue weighted by atomic mass is 15.5. The maximum Gasteiger partial charge on any atom is 0.174 e. The van der Waals surface area contributed by atoms with Crippen LogP contribution in [0.25, 0.3) is 11.1 Å². The van der Waals surface area contributed by atoms with Crippen molar-refractivity contribution in [2.75, 3.05) is 18.0 Å². The molecule has 1 aliphatic rings. The monoisotopic (exact) mass is 448 g/mol. The number of hydrogen-bond donors (Lipinski definition) is 0. The molecule has 1 aliphatic carbocycles. The lowest BCUT2D eigenvalue weighted by Crippen LogP contribution is -2.28. The maximum absolute atomic E-state index is 5.14. The molecule has 0 saturated carbocycles. The first-order chi connectivity index (χ1) is 16.5. The Labute approximate surface area is 202 Å². The summed E-state index contributed by atoms with van der Waals surface area (Å²) >= 11 is 0. The first-order valence-corrected chi connectivity index (χ1v) is 12.1. The Kier molecular flexibility index (Phi) is 5.60. The van der Waals surface area contributed by atoms with Gasteiger partial charge in [-0.05, 0) is 51.3 Å². The Hall–Kier alpha value is -3.66. The highest BCUT2D eigenvalue weighted by Gasteiger charge is 2.59. The van der Waals surface area contributed by atoms with Crippen LogP contribution in [0.4, 0.5) is 5.82 Å². The van der Waals surface area contributed by atoms with Crippen molar-refractivity contribution >= 4 is 17.0 Å². The lowest BCUT2D eigenvalue weighted by Gasteiger charge is -2.22. The quantitative estimate of drug-likeness (QED) is 0.327. The van der Waals surface area contributed by atoms with Crippen LogP contribution in [0.15, 0.2) is 78.9 Å². The fraction of sp³-hybridized carbons (Fsp3) is 0.267. The second kappa shape index (κ2) is 8.60. The number of aryl methyl sites for hydroxylation is 3. The molecular formula is C30H32N4. The largest absolute Gasteiger partial charge is 0.354 e. The smallest absolute Gasteiger partial charge is 0.174 e. The number of anilines is 1. The maximum atomic E-state index is 5.14. The normalized spacial score (nSPS) is 17.2. The molecule has 0 bridgehead atoms. The minimum atomic E-state index is -0.541. The van der Waals surface area contributed by atoms with E-state index in [1.807, 2.05) is 4.80 Å². The first-order valence-electron chi connectivity index (χ1n) is 12.1. The Balaban J connectivity index is 1.78. The minimum absolute atomic E-state index is 0.541. The first kappa shape index (κ1) is 22.1. The number of benzene rings is 3. The summed E-state index contributed by atoms with van der Waals surface area (Å²) in [5, 5.41) is 10.2. The molecule has 4 aromatic rings. The van der Waals surface area contributed by atoms with Crippen LogP contribution in [0.1, 0.15) is 47.4 Å². The summed E-state index contributed by atoms with van der Waals surface area (Å²) in [6, 6.07) is 28.3. The zero-order chi connectivity index (χ0) is 23.9. The zero-order valence-corrected chi connectivity index (χ0v) is 20.7. The Morgan fingerprint density at radius 2 is 1.21 bits per heavy atom. The zero-order valence-electron chi connectivity index (χ0n) is 20.7. The third-order valence-electron chi connectivity index (χ3n) is 6.90. The molecule has 0 fully saturated rings. The van der Waals surface area contributed by atoms with Crippen molar-refractivity contribution < 1.29 is 0 Å². The average Bonchev–Trinajstić information content (AvgIpc) is 3.41. The summed E-state index contributed by atoms with van der Waals surface area (Å²) in [4.78, 5) is 4.25. The van der Waals surface area contributed by atoms with E-state index >= 15 is 0 Å². The number of rotatable bonds is 7. The van der Waals surface area contributed by atoms with Crippen LogP contribution in [-0.2, 0) is 5.54 Å². The van der Waals surface area contributed by atoms with Gasteiger partial charge in [-0.1, -0.05) is 90.0 Å². The van der Waals surface area contributed by atoms with Gasteiger partial charge in [-0.15, -0.1) is 5.10 Å². The molecule has 0 radical (unpaired) electrons. The highest BCUT2D eigenvalue weighted by Crippen LogP contribution is 2.64. The van der Waals surface area contributed by atoms with E-state index in [2.05, 4.69) is 118 Å². The molecule has 5 rings (SSSR count). The summed E-state index contributed by atoms with van der Waals surface area (Å²) in [6.07, 6.45) is 0. The predicted octanol–water partition coefficient (Wildman–Crippen LogP) is 6.42. The topological polar surface area (TPSA) is 34.0 Å². The SMILES string of the molecule is CCN(CC)c1nn(C2(c3ccc(C)cc3)C(c3ccccc3)=C2c2ccc(C)cc2)nc1C. The van der Waals surface area contributed by atoms with Gasteiger partial charge < -0.3 is 4.90 Å². The van der Waals surface area contributed by atoms with Gasteiger partial charge in [-0.3, -0.25) is 0 Å². The molecule has 0 N–H and O–H groups in total. The van der Waals surface area contributed by atoms with Crippen LogP contribution < -0.4 is 4.90 Å². The Bertz CT molecular complexity index is 1330. The van der Waals surface area contributed by atoms with Crippen molar-refractivity contribution in [1.29, 1.82) is 0 Å². The second-order valence-corrected chi connectivity index (χ2v) is 9.13. The van der Waals surface area contributed by atoms with Crippen LogP contribution in [-0.4, -0.2) is 28.1 Å². The van der Waals surface area contributed by atoms with E-state index in [0.717, 1.165) is 24.6 Å². The van der Waals surface area contributed by atoms with Gasteiger partial charge in [-0.25, -0.2) is 0 Å².